The van der Waals surface area contributed by atoms with Crippen molar-refractivity contribution in [3.05, 3.63) is 63.2 Å². The molecule has 0 bridgehead atoms. The number of nitro benzene ring substituents is 1. The molecule has 25 heavy (non-hydrogen) atoms. The van der Waals surface area contributed by atoms with Crippen LogP contribution in [0.25, 0.3) is 0 Å². The quantitative estimate of drug-likeness (QED) is 0.662. The van der Waals surface area contributed by atoms with Crippen molar-refractivity contribution < 1.29 is 19.6 Å². The third kappa shape index (κ3) is 3.71. The molecule has 1 aliphatic rings. The van der Waals surface area contributed by atoms with Gasteiger partial charge in [0.2, 0.25) is 0 Å². The highest BCUT2D eigenvalue weighted by atomic mass is 16.6. The largest absolute Gasteiger partial charge is 0.504 e. The molecule has 0 spiro atoms. The number of benzene rings is 2. The number of phenols is 1. The highest BCUT2D eigenvalue weighted by Crippen LogP contribution is 2.33. The van der Waals surface area contributed by atoms with Gasteiger partial charge >= 0.3 is 0 Å². The molecule has 0 heterocycles. The summed E-state index contributed by atoms with van der Waals surface area (Å²) in [5.41, 5.74) is 3.55. The number of nitrogens with zero attached hydrogens (tertiary/aromatic N) is 2. The first-order valence-electron chi connectivity index (χ1n) is 7.91. The van der Waals surface area contributed by atoms with Crippen LogP contribution < -0.4 is 4.74 Å². The van der Waals surface area contributed by atoms with Gasteiger partial charge in [0.1, 0.15) is 6.61 Å². The molecule has 0 amide bonds. The van der Waals surface area contributed by atoms with Crippen molar-refractivity contribution in [2.45, 2.75) is 25.9 Å². The average molecular weight is 342 g/mol. The lowest BCUT2D eigenvalue weighted by molar-refractivity contribution is -0.384. The van der Waals surface area contributed by atoms with E-state index in [-0.39, 0.29) is 18.0 Å². The molecule has 0 aliphatic heterocycles. The number of fused-ring (bicyclic) bond motifs is 1. The van der Waals surface area contributed by atoms with Gasteiger partial charge in [0.15, 0.2) is 11.5 Å². The number of hydrogen-bond acceptors (Lipinski definition) is 6. The van der Waals surface area contributed by atoms with Crippen molar-refractivity contribution in [1.82, 2.24) is 0 Å². The van der Waals surface area contributed by atoms with Gasteiger partial charge < -0.3 is 14.7 Å². The molecular formula is C18H18N2O5. The van der Waals surface area contributed by atoms with E-state index < -0.39 is 4.92 Å². The predicted octanol–water partition coefficient (Wildman–Crippen LogP) is 3.57. The lowest BCUT2D eigenvalue weighted by Crippen LogP contribution is -2.12. The first-order valence-corrected chi connectivity index (χ1v) is 7.91. The van der Waals surface area contributed by atoms with Crippen LogP contribution in [0.2, 0.25) is 0 Å². The van der Waals surface area contributed by atoms with Crippen LogP contribution in [0.15, 0.2) is 41.6 Å². The van der Waals surface area contributed by atoms with Gasteiger partial charge in [-0.1, -0.05) is 5.16 Å². The van der Waals surface area contributed by atoms with Crippen LogP contribution in [0.1, 0.15) is 29.5 Å². The maximum Gasteiger partial charge on any atom is 0.269 e. The molecule has 0 unspecified atom stereocenters. The van der Waals surface area contributed by atoms with Crippen LogP contribution >= 0.6 is 0 Å². The number of oxime groups is 1. The minimum Gasteiger partial charge on any atom is -0.504 e. The van der Waals surface area contributed by atoms with Crippen LogP contribution in [0.5, 0.6) is 11.5 Å². The molecule has 7 nitrogen and oxygen atoms in total. The second kappa shape index (κ2) is 7.21. The first-order chi connectivity index (χ1) is 12.1. The van der Waals surface area contributed by atoms with Crippen LogP contribution in [0.4, 0.5) is 5.69 Å². The molecule has 0 aromatic heterocycles. The molecule has 2 aromatic rings. The minimum atomic E-state index is -0.440. The van der Waals surface area contributed by atoms with Crippen molar-refractivity contribution in [1.29, 1.82) is 0 Å². The van der Waals surface area contributed by atoms with Crippen molar-refractivity contribution in [2.24, 2.45) is 5.16 Å². The number of methoxy groups -OCH3 is 1. The van der Waals surface area contributed by atoms with Gasteiger partial charge in [0.05, 0.1) is 17.7 Å². The Labute approximate surface area is 144 Å². The monoisotopic (exact) mass is 342 g/mol. The van der Waals surface area contributed by atoms with E-state index in [1.807, 2.05) is 6.07 Å². The van der Waals surface area contributed by atoms with E-state index in [2.05, 4.69) is 5.16 Å². The van der Waals surface area contributed by atoms with Crippen molar-refractivity contribution in [3.63, 3.8) is 0 Å². The number of hydrogen-bond donors (Lipinski definition) is 1. The Morgan fingerprint density at radius 1 is 1.24 bits per heavy atom. The Morgan fingerprint density at radius 3 is 2.68 bits per heavy atom. The van der Waals surface area contributed by atoms with Gasteiger partial charge in [-0.25, -0.2) is 0 Å². The van der Waals surface area contributed by atoms with Crippen molar-refractivity contribution in [3.8, 4) is 11.5 Å². The molecule has 0 fully saturated rings. The average Bonchev–Trinajstić information content (AvgIpc) is 2.62. The zero-order valence-corrected chi connectivity index (χ0v) is 13.8. The molecule has 0 saturated carbocycles. The molecule has 7 heteroatoms. The molecule has 1 aliphatic carbocycles. The molecule has 3 rings (SSSR count). The number of non-ortho nitro benzene ring substituents is 1. The summed E-state index contributed by atoms with van der Waals surface area (Å²) >= 11 is 0. The van der Waals surface area contributed by atoms with Crippen LogP contribution in [-0.4, -0.2) is 22.9 Å². The zero-order chi connectivity index (χ0) is 17.8. The normalized spacial score (nSPS) is 14.8. The van der Waals surface area contributed by atoms with Gasteiger partial charge in [-0.2, -0.15) is 0 Å². The van der Waals surface area contributed by atoms with Crippen LogP contribution in [-0.2, 0) is 17.9 Å². The van der Waals surface area contributed by atoms with E-state index in [0.717, 1.165) is 41.7 Å². The Kier molecular flexibility index (Phi) is 4.83. The van der Waals surface area contributed by atoms with E-state index in [1.165, 1.54) is 19.2 Å². The maximum absolute atomic E-state index is 10.6. The van der Waals surface area contributed by atoms with Crippen LogP contribution in [0, 0.1) is 10.1 Å². The van der Waals surface area contributed by atoms with Crippen LogP contribution in [0.3, 0.4) is 0 Å². The third-order valence-corrected chi connectivity index (χ3v) is 4.13. The summed E-state index contributed by atoms with van der Waals surface area (Å²) < 4.78 is 5.14. The summed E-state index contributed by atoms with van der Waals surface area (Å²) in [5.74, 6) is 0.526. The third-order valence-electron chi connectivity index (χ3n) is 4.13. The Bertz CT molecular complexity index is 815. The number of rotatable bonds is 5. The lowest BCUT2D eigenvalue weighted by atomic mass is 9.89. The number of phenolic OH excluding ortho intramolecular Hbond substituents is 1. The second-order valence-corrected chi connectivity index (χ2v) is 5.77. The highest BCUT2D eigenvalue weighted by molar-refractivity contribution is 6.03. The summed E-state index contributed by atoms with van der Waals surface area (Å²) in [5, 5.41) is 24.8. The van der Waals surface area contributed by atoms with Gasteiger partial charge in [-0.3, -0.25) is 10.1 Å². The minimum absolute atomic E-state index is 0.0423. The number of aryl methyl sites for hydroxylation is 1. The summed E-state index contributed by atoms with van der Waals surface area (Å²) in [6.07, 6.45) is 2.60. The molecular weight excluding hydrogens is 324 g/mol. The predicted molar refractivity (Wildman–Crippen MR) is 92.0 cm³/mol. The molecule has 0 atom stereocenters. The van der Waals surface area contributed by atoms with Gasteiger partial charge in [-0.15, -0.1) is 0 Å². The Balaban J connectivity index is 1.73. The van der Waals surface area contributed by atoms with E-state index in [4.69, 9.17) is 9.57 Å². The molecule has 130 valence electrons. The zero-order valence-electron chi connectivity index (χ0n) is 13.8. The number of nitro groups is 1. The summed E-state index contributed by atoms with van der Waals surface area (Å²) in [7, 11) is 1.52. The summed E-state index contributed by atoms with van der Waals surface area (Å²) in [4.78, 5) is 15.6. The smallest absolute Gasteiger partial charge is 0.269 e. The highest BCUT2D eigenvalue weighted by Gasteiger charge is 2.19. The van der Waals surface area contributed by atoms with Gasteiger partial charge in [0, 0.05) is 17.7 Å². The Hall–Kier alpha value is -3.09. The fourth-order valence-corrected chi connectivity index (χ4v) is 2.82. The van der Waals surface area contributed by atoms with E-state index in [0.29, 0.717) is 5.75 Å². The van der Waals surface area contributed by atoms with E-state index in [1.54, 1.807) is 18.2 Å². The van der Waals surface area contributed by atoms with E-state index in [9.17, 15) is 15.2 Å². The maximum atomic E-state index is 10.6. The fraction of sp³-hybridized carbons (Fsp3) is 0.278. The SMILES string of the molecule is COc1cc2c(cc1O)C(=NOCc1ccc([N+](=O)[O-])cc1)CCC2. The van der Waals surface area contributed by atoms with Gasteiger partial charge in [-0.05, 0) is 54.7 Å². The van der Waals surface area contributed by atoms with E-state index >= 15 is 0 Å². The molecule has 0 radical (unpaired) electrons. The second-order valence-electron chi connectivity index (χ2n) is 5.77. The first kappa shape index (κ1) is 16.8. The molecule has 1 N–H and O–H groups in total. The number of aromatic hydroxyl groups is 1. The molecule has 2 aromatic carbocycles. The summed E-state index contributed by atoms with van der Waals surface area (Å²) in [6, 6.07) is 9.64. The lowest BCUT2D eigenvalue weighted by Gasteiger charge is -2.19. The topological polar surface area (TPSA) is 94.2 Å². The fourth-order valence-electron chi connectivity index (χ4n) is 2.82. The molecule has 0 saturated heterocycles. The standard InChI is InChI=1S/C18H18N2O5/c1-24-18-9-13-3-2-4-16(15(13)10-17(18)21)19-25-11-12-5-7-14(8-6-12)20(22)23/h5-10,21H,2-4,11H2,1H3. The summed E-state index contributed by atoms with van der Waals surface area (Å²) in [6.45, 7) is 0.221. The number of ether oxygens (including phenoxy) is 1. The van der Waals surface area contributed by atoms with Gasteiger partial charge in [0.25, 0.3) is 5.69 Å². The van der Waals surface area contributed by atoms with Crippen molar-refractivity contribution >= 4 is 11.4 Å². The Morgan fingerprint density at radius 2 is 2.00 bits per heavy atom. The van der Waals surface area contributed by atoms with Crippen molar-refractivity contribution in [2.75, 3.05) is 7.11 Å².